The average molecular weight is 364 g/mol. The average Bonchev–Trinajstić information content (AvgIpc) is 3.04. The molecule has 1 aliphatic rings. The number of nitrogens with zero attached hydrogens (tertiary/aromatic N) is 1. The Morgan fingerprint density at radius 3 is 2.59 bits per heavy atom. The summed E-state index contributed by atoms with van der Waals surface area (Å²) in [5.41, 5.74) is 3.00. The first kappa shape index (κ1) is 17.6. The van der Waals surface area contributed by atoms with Gasteiger partial charge in [-0.3, -0.25) is 0 Å². The predicted octanol–water partition coefficient (Wildman–Crippen LogP) is 5.57. The standard InChI is InChI=1S/C22H24N2O3/c1-14-18-8-5-13-23-21(18)27-20(14)19(15-6-3-2-4-7-15)24-17-11-9-16(10-12-17)22(25)26/h5,8-13,15,19,24H,2-4,6-7H2,1H3,(H,25,26). The minimum absolute atomic E-state index is 0.0511. The van der Waals surface area contributed by atoms with Crippen LogP contribution in [0.5, 0.6) is 0 Å². The van der Waals surface area contributed by atoms with Gasteiger partial charge in [0.25, 0.3) is 0 Å². The van der Waals surface area contributed by atoms with Crippen molar-refractivity contribution in [2.75, 3.05) is 5.32 Å². The number of fused-ring (bicyclic) bond motifs is 1. The fourth-order valence-electron chi connectivity index (χ4n) is 4.12. The van der Waals surface area contributed by atoms with Crippen LogP contribution in [0.15, 0.2) is 47.0 Å². The van der Waals surface area contributed by atoms with Crippen LogP contribution < -0.4 is 5.32 Å². The highest BCUT2D eigenvalue weighted by Crippen LogP contribution is 2.40. The molecule has 2 N–H and O–H groups in total. The van der Waals surface area contributed by atoms with Crippen LogP contribution in [0, 0.1) is 12.8 Å². The van der Waals surface area contributed by atoms with Crippen LogP contribution in [0.1, 0.15) is 59.8 Å². The van der Waals surface area contributed by atoms with Crippen molar-refractivity contribution in [2.24, 2.45) is 5.92 Å². The van der Waals surface area contributed by atoms with E-state index in [0.717, 1.165) is 35.2 Å². The second-order valence-electron chi connectivity index (χ2n) is 7.35. The van der Waals surface area contributed by atoms with Crippen molar-refractivity contribution >= 4 is 22.8 Å². The SMILES string of the molecule is Cc1c(C(Nc2ccc(C(=O)O)cc2)C2CCCCC2)oc2ncccc12. The van der Waals surface area contributed by atoms with Crippen LogP contribution in [-0.4, -0.2) is 16.1 Å². The molecule has 4 rings (SSSR count). The number of carbonyl (C=O) groups is 1. The van der Waals surface area contributed by atoms with Crippen molar-refractivity contribution in [1.82, 2.24) is 4.98 Å². The van der Waals surface area contributed by atoms with Crippen molar-refractivity contribution < 1.29 is 14.3 Å². The van der Waals surface area contributed by atoms with Crippen LogP contribution in [0.25, 0.3) is 11.1 Å². The molecule has 0 spiro atoms. The van der Waals surface area contributed by atoms with Crippen LogP contribution in [0.2, 0.25) is 0 Å². The molecule has 1 fully saturated rings. The van der Waals surface area contributed by atoms with Crippen molar-refractivity contribution in [3.05, 3.63) is 59.5 Å². The van der Waals surface area contributed by atoms with Gasteiger partial charge in [-0.1, -0.05) is 19.3 Å². The number of hydrogen-bond acceptors (Lipinski definition) is 4. The normalized spacial score (nSPS) is 16.3. The Balaban J connectivity index is 1.69. The predicted molar refractivity (Wildman–Crippen MR) is 105 cm³/mol. The minimum atomic E-state index is -0.912. The maximum atomic E-state index is 11.1. The molecule has 1 unspecified atom stereocenters. The third-order valence-electron chi connectivity index (χ3n) is 5.61. The summed E-state index contributed by atoms with van der Waals surface area (Å²) in [7, 11) is 0. The highest BCUT2D eigenvalue weighted by atomic mass is 16.4. The second kappa shape index (κ2) is 7.43. The summed E-state index contributed by atoms with van der Waals surface area (Å²) in [5.74, 6) is 0.514. The largest absolute Gasteiger partial charge is 0.478 e. The molecule has 0 amide bonds. The van der Waals surface area contributed by atoms with E-state index < -0.39 is 5.97 Å². The Labute approximate surface area is 158 Å². The summed E-state index contributed by atoms with van der Waals surface area (Å²) in [5, 5.41) is 13.8. The van der Waals surface area contributed by atoms with Gasteiger partial charge in [0.1, 0.15) is 5.76 Å². The Hall–Kier alpha value is -2.82. The third kappa shape index (κ3) is 3.54. The molecule has 0 aliphatic heterocycles. The summed E-state index contributed by atoms with van der Waals surface area (Å²) in [6.45, 7) is 2.09. The summed E-state index contributed by atoms with van der Waals surface area (Å²) >= 11 is 0. The number of hydrogen-bond donors (Lipinski definition) is 2. The zero-order chi connectivity index (χ0) is 18.8. The fourth-order valence-corrected chi connectivity index (χ4v) is 4.12. The van der Waals surface area contributed by atoms with E-state index in [2.05, 4.69) is 17.2 Å². The molecule has 140 valence electrons. The molecule has 2 heterocycles. The van der Waals surface area contributed by atoms with Crippen LogP contribution in [-0.2, 0) is 0 Å². The van der Waals surface area contributed by atoms with Gasteiger partial charge in [-0.15, -0.1) is 0 Å². The lowest BCUT2D eigenvalue weighted by Gasteiger charge is -2.31. The number of nitrogens with one attached hydrogen (secondary N) is 1. The number of carboxylic acid groups (broad SMARTS) is 1. The zero-order valence-electron chi connectivity index (χ0n) is 15.4. The second-order valence-corrected chi connectivity index (χ2v) is 7.35. The van der Waals surface area contributed by atoms with Gasteiger partial charge in [-0.05, 0) is 62.1 Å². The first-order chi connectivity index (χ1) is 13.1. The van der Waals surface area contributed by atoms with Crippen molar-refractivity contribution in [1.29, 1.82) is 0 Å². The van der Waals surface area contributed by atoms with Crippen LogP contribution in [0.4, 0.5) is 5.69 Å². The molecular weight excluding hydrogens is 340 g/mol. The molecule has 5 nitrogen and oxygen atoms in total. The molecule has 27 heavy (non-hydrogen) atoms. The topological polar surface area (TPSA) is 75.4 Å². The minimum Gasteiger partial charge on any atom is -0.478 e. The molecule has 1 saturated carbocycles. The number of rotatable bonds is 5. The number of aryl methyl sites for hydroxylation is 1. The van der Waals surface area contributed by atoms with Crippen LogP contribution in [0.3, 0.4) is 0 Å². The summed E-state index contributed by atoms with van der Waals surface area (Å²) in [4.78, 5) is 15.5. The Morgan fingerprint density at radius 2 is 1.93 bits per heavy atom. The van der Waals surface area contributed by atoms with Gasteiger partial charge < -0.3 is 14.8 Å². The van der Waals surface area contributed by atoms with E-state index >= 15 is 0 Å². The molecule has 2 aromatic heterocycles. The maximum Gasteiger partial charge on any atom is 0.335 e. The van der Waals surface area contributed by atoms with Gasteiger partial charge in [-0.25, -0.2) is 9.78 Å². The molecule has 5 heteroatoms. The molecule has 3 aromatic rings. The number of furan rings is 1. The first-order valence-corrected chi connectivity index (χ1v) is 9.57. The molecule has 0 radical (unpaired) electrons. The van der Waals surface area contributed by atoms with E-state index in [-0.39, 0.29) is 6.04 Å². The van der Waals surface area contributed by atoms with Crippen molar-refractivity contribution in [3.63, 3.8) is 0 Å². The lowest BCUT2D eigenvalue weighted by atomic mass is 9.82. The van der Waals surface area contributed by atoms with E-state index in [1.165, 1.54) is 19.3 Å². The third-order valence-corrected chi connectivity index (χ3v) is 5.61. The van der Waals surface area contributed by atoms with Gasteiger partial charge in [0.2, 0.25) is 5.71 Å². The Morgan fingerprint density at radius 1 is 1.19 bits per heavy atom. The van der Waals surface area contributed by atoms with E-state index in [1.807, 2.05) is 24.3 Å². The molecule has 1 atom stereocenters. The fraction of sp³-hybridized carbons (Fsp3) is 0.364. The number of aromatic carboxylic acids is 1. The highest BCUT2D eigenvalue weighted by molar-refractivity contribution is 5.88. The highest BCUT2D eigenvalue weighted by Gasteiger charge is 2.30. The maximum absolute atomic E-state index is 11.1. The van der Waals surface area contributed by atoms with Gasteiger partial charge >= 0.3 is 5.97 Å². The Bertz CT molecular complexity index is 940. The summed E-state index contributed by atoms with van der Waals surface area (Å²) in [6, 6.07) is 11.0. The summed E-state index contributed by atoms with van der Waals surface area (Å²) < 4.78 is 6.18. The number of carboxylic acids is 1. The smallest absolute Gasteiger partial charge is 0.335 e. The molecule has 0 bridgehead atoms. The molecule has 1 aromatic carbocycles. The van der Waals surface area contributed by atoms with Gasteiger partial charge in [0, 0.05) is 22.8 Å². The van der Waals surface area contributed by atoms with Gasteiger partial charge in [0.05, 0.1) is 11.6 Å². The zero-order valence-corrected chi connectivity index (χ0v) is 15.4. The monoisotopic (exact) mass is 364 g/mol. The van der Waals surface area contributed by atoms with E-state index in [9.17, 15) is 4.79 Å². The lowest BCUT2D eigenvalue weighted by molar-refractivity contribution is 0.0697. The van der Waals surface area contributed by atoms with Crippen molar-refractivity contribution in [2.45, 2.75) is 45.1 Å². The van der Waals surface area contributed by atoms with Gasteiger partial charge in [0.15, 0.2) is 0 Å². The van der Waals surface area contributed by atoms with Crippen LogP contribution >= 0.6 is 0 Å². The number of aromatic nitrogens is 1. The first-order valence-electron chi connectivity index (χ1n) is 9.57. The number of pyridine rings is 1. The van der Waals surface area contributed by atoms with Crippen molar-refractivity contribution in [3.8, 4) is 0 Å². The number of benzene rings is 1. The van der Waals surface area contributed by atoms with E-state index in [0.29, 0.717) is 17.2 Å². The number of anilines is 1. The lowest BCUT2D eigenvalue weighted by Crippen LogP contribution is -2.23. The molecule has 0 saturated heterocycles. The summed E-state index contributed by atoms with van der Waals surface area (Å²) in [6.07, 6.45) is 7.83. The van der Waals surface area contributed by atoms with Gasteiger partial charge in [-0.2, -0.15) is 0 Å². The van der Waals surface area contributed by atoms with E-state index in [4.69, 9.17) is 9.52 Å². The molecule has 1 aliphatic carbocycles. The van der Waals surface area contributed by atoms with E-state index in [1.54, 1.807) is 18.3 Å². The quantitative estimate of drug-likeness (QED) is 0.619. The Kier molecular flexibility index (Phi) is 4.84. The molecular formula is C22H24N2O3.